The Hall–Kier alpha value is -0.710. The molecule has 0 bridgehead atoms. The van der Waals surface area contributed by atoms with Gasteiger partial charge < -0.3 is 10.5 Å². The Morgan fingerprint density at radius 3 is 2.71 bits per heavy atom. The minimum absolute atomic E-state index is 0.199. The molecule has 0 aromatic heterocycles. The van der Waals surface area contributed by atoms with Crippen LogP contribution in [0.1, 0.15) is 26.2 Å². The van der Waals surface area contributed by atoms with Crippen molar-refractivity contribution >= 4 is 23.6 Å². The van der Waals surface area contributed by atoms with Crippen LogP contribution in [0.3, 0.4) is 0 Å². The summed E-state index contributed by atoms with van der Waals surface area (Å²) in [6.07, 6.45) is 2.27. The first-order valence-corrected chi connectivity index (χ1v) is 5.84. The lowest BCUT2D eigenvalue weighted by atomic mass is 10.4. The van der Waals surface area contributed by atoms with Gasteiger partial charge in [-0.2, -0.15) is 11.8 Å². The SMILES string of the molecule is CCCCOC(=O)CCSCC(N)=O. The summed E-state index contributed by atoms with van der Waals surface area (Å²) in [7, 11) is 0. The molecule has 0 aliphatic heterocycles. The third-order valence-electron chi connectivity index (χ3n) is 1.46. The predicted molar refractivity (Wildman–Crippen MR) is 57.0 cm³/mol. The summed E-state index contributed by atoms with van der Waals surface area (Å²) in [5, 5.41) is 0. The number of carbonyl (C=O) groups is 2. The molecular weight excluding hydrogens is 202 g/mol. The van der Waals surface area contributed by atoms with E-state index in [1.165, 1.54) is 11.8 Å². The van der Waals surface area contributed by atoms with Crippen LogP contribution in [-0.2, 0) is 14.3 Å². The summed E-state index contributed by atoms with van der Waals surface area (Å²) in [5.74, 6) is 0.306. The van der Waals surface area contributed by atoms with Gasteiger partial charge in [0.2, 0.25) is 5.91 Å². The second-order valence-electron chi connectivity index (χ2n) is 2.84. The minimum atomic E-state index is -0.352. The van der Waals surface area contributed by atoms with Gasteiger partial charge >= 0.3 is 5.97 Å². The monoisotopic (exact) mass is 219 g/mol. The molecule has 4 nitrogen and oxygen atoms in total. The average Bonchev–Trinajstić information content (AvgIpc) is 2.13. The number of esters is 1. The van der Waals surface area contributed by atoms with Crippen LogP contribution in [0.15, 0.2) is 0 Å². The summed E-state index contributed by atoms with van der Waals surface area (Å²) in [6, 6.07) is 0. The molecule has 0 aromatic rings. The summed E-state index contributed by atoms with van der Waals surface area (Å²) in [4.78, 5) is 21.4. The Labute approximate surface area is 88.6 Å². The quantitative estimate of drug-likeness (QED) is 0.487. The normalized spacial score (nSPS) is 9.79. The molecule has 0 fully saturated rings. The van der Waals surface area contributed by atoms with Crippen molar-refractivity contribution in [1.82, 2.24) is 0 Å². The van der Waals surface area contributed by atoms with E-state index in [1.54, 1.807) is 0 Å². The van der Waals surface area contributed by atoms with Gasteiger partial charge in [-0.15, -0.1) is 0 Å². The Kier molecular flexibility index (Phi) is 8.42. The fraction of sp³-hybridized carbons (Fsp3) is 0.778. The number of amides is 1. The van der Waals surface area contributed by atoms with E-state index in [1.807, 2.05) is 6.92 Å². The molecule has 0 atom stereocenters. The van der Waals surface area contributed by atoms with Crippen LogP contribution in [0.25, 0.3) is 0 Å². The number of hydrogen-bond acceptors (Lipinski definition) is 4. The molecule has 5 heteroatoms. The maximum Gasteiger partial charge on any atom is 0.306 e. The van der Waals surface area contributed by atoms with E-state index >= 15 is 0 Å². The predicted octanol–water partition coefficient (Wildman–Crippen LogP) is 0.938. The largest absolute Gasteiger partial charge is 0.466 e. The average molecular weight is 219 g/mol. The lowest BCUT2D eigenvalue weighted by Gasteiger charge is -2.02. The highest BCUT2D eigenvalue weighted by atomic mass is 32.2. The summed E-state index contributed by atoms with van der Waals surface area (Å²) >= 11 is 1.35. The van der Waals surface area contributed by atoms with Gasteiger partial charge in [-0.05, 0) is 6.42 Å². The molecule has 0 saturated carbocycles. The Balaban J connectivity index is 3.22. The lowest BCUT2D eigenvalue weighted by Crippen LogP contribution is -2.14. The maximum absolute atomic E-state index is 11.0. The van der Waals surface area contributed by atoms with E-state index in [0.717, 1.165) is 12.8 Å². The van der Waals surface area contributed by atoms with Crippen LogP contribution < -0.4 is 5.73 Å². The Morgan fingerprint density at radius 2 is 2.14 bits per heavy atom. The van der Waals surface area contributed by atoms with Gasteiger partial charge in [0.15, 0.2) is 0 Å². The highest BCUT2D eigenvalue weighted by Crippen LogP contribution is 2.02. The van der Waals surface area contributed by atoms with E-state index in [2.05, 4.69) is 0 Å². The Morgan fingerprint density at radius 1 is 1.43 bits per heavy atom. The van der Waals surface area contributed by atoms with Crippen LogP contribution in [0.2, 0.25) is 0 Å². The van der Waals surface area contributed by atoms with Crippen LogP contribution in [0.5, 0.6) is 0 Å². The third kappa shape index (κ3) is 9.38. The van der Waals surface area contributed by atoms with Crippen LogP contribution in [0.4, 0.5) is 0 Å². The molecule has 0 saturated heterocycles. The minimum Gasteiger partial charge on any atom is -0.466 e. The molecule has 82 valence electrons. The zero-order valence-electron chi connectivity index (χ0n) is 8.45. The zero-order chi connectivity index (χ0) is 10.8. The smallest absolute Gasteiger partial charge is 0.306 e. The Bertz CT molecular complexity index is 185. The van der Waals surface area contributed by atoms with Crippen molar-refractivity contribution in [2.75, 3.05) is 18.1 Å². The van der Waals surface area contributed by atoms with Crippen LogP contribution in [0, 0.1) is 0 Å². The number of hydrogen-bond donors (Lipinski definition) is 1. The zero-order valence-corrected chi connectivity index (χ0v) is 9.27. The van der Waals surface area contributed by atoms with Gasteiger partial charge in [-0.25, -0.2) is 0 Å². The van der Waals surface area contributed by atoms with Crippen molar-refractivity contribution in [3.05, 3.63) is 0 Å². The van der Waals surface area contributed by atoms with Crippen molar-refractivity contribution < 1.29 is 14.3 Å². The number of rotatable bonds is 8. The van der Waals surface area contributed by atoms with Crippen molar-refractivity contribution in [2.45, 2.75) is 26.2 Å². The molecule has 0 aliphatic rings. The second-order valence-corrected chi connectivity index (χ2v) is 3.95. The van der Waals surface area contributed by atoms with Gasteiger partial charge in [0, 0.05) is 5.75 Å². The van der Waals surface area contributed by atoms with Crippen molar-refractivity contribution in [3.63, 3.8) is 0 Å². The molecule has 0 unspecified atom stereocenters. The lowest BCUT2D eigenvalue weighted by molar-refractivity contribution is -0.143. The van der Waals surface area contributed by atoms with Crippen molar-refractivity contribution in [2.24, 2.45) is 5.73 Å². The van der Waals surface area contributed by atoms with E-state index < -0.39 is 0 Å². The van der Waals surface area contributed by atoms with E-state index in [-0.39, 0.29) is 17.6 Å². The van der Waals surface area contributed by atoms with Crippen LogP contribution >= 0.6 is 11.8 Å². The highest BCUT2D eigenvalue weighted by Gasteiger charge is 2.02. The molecule has 0 rings (SSSR count). The van der Waals surface area contributed by atoms with Gasteiger partial charge in [-0.3, -0.25) is 9.59 Å². The first-order valence-electron chi connectivity index (χ1n) is 4.68. The first-order chi connectivity index (χ1) is 6.66. The van der Waals surface area contributed by atoms with E-state index in [4.69, 9.17) is 10.5 Å². The summed E-state index contributed by atoms with van der Waals surface area (Å²) in [5.41, 5.74) is 4.93. The molecule has 14 heavy (non-hydrogen) atoms. The van der Waals surface area contributed by atoms with Crippen LogP contribution in [-0.4, -0.2) is 30.0 Å². The van der Waals surface area contributed by atoms with Gasteiger partial charge in [0.1, 0.15) is 0 Å². The summed E-state index contributed by atoms with van der Waals surface area (Å²) in [6.45, 7) is 2.53. The number of primary amides is 1. The maximum atomic E-state index is 11.0. The third-order valence-corrected chi connectivity index (χ3v) is 2.44. The number of unbranched alkanes of at least 4 members (excludes halogenated alkanes) is 1. The topological polar surface area (TPSA) is 69.4 Å². The highest BCUT2D eigenvalue weighted by molar-refractivity contribution is 7.99. The van der Waals surface area contributed by atoms with Crippen molar-refractivity contribution in [3.8, 4) is 0 Å². The standard InChI is InChI=1S/C9H17NO3S/c1-2-3-5-13-9(12)4-6-14-7-8(10)11/h2-7H2,1H3,(H2,10,11). The second kappa shape index (κ2) is 8.87. The van der Waals surface area contributed by atoms with Gasteiger partial charge in [0.05, 0.1) is 18.8 Å². The number of ether oxygens (including phenoxy) is 1. The molecule has 1 amide bonds. The number of thioether (sulfide) groups is 1. The van der Waals surface area contributed by atoms with Gasteiger partial charge in [-0.1, -0.05) is 13.3 Å². The molecule has 0 aromatic carbocycles. The van der Waals surface area contributed by atoms with E-state index in [0.29, 0.717) is 18.8 Å². The number of carbonyl (C=O) groups excluding carboxylic acids is 2. The molecule has 0 heterocycles. The molecule has 2 N–H and O–H groups in total. The molecule has 0 radical (unpaired) electrons. The molecule has 0 aliphatic carbocycles. The van der Waals surface area contributed by atoms with E-state index in [9.17, 15) is 9.59 Å². The fourth-order valence-electron chi connectivity index (χ4n) is 0.731. The number of nitrogens with two attached hydrogens (primary N) is 1. The summed E-state index contributed by atoms with van der Waals surface area (Å²) < 4.78 is 4.92. The first kappa shape index (κ1) is 13.3. The molecule has 0 spiro atoms. The fourth-order valence-corrected chi connectivity index (χ4v) is 1.39. The van der Waals surface area contributed by atoms with Crippen molar-refractivity contribution in [1.29, 1.82) is 0 Å². The molecular formula is C9H17NO3S. The van der Waals surface area contributed by atoms with Gasteiger partial charge in [0.25, 0.3) is 0 Å².